The number of amides is 2. The molecule has 0 bridgehead atoms. The first-order valence-electron chi connectivity index (χ1n) is 9.30. The lowest BCUT2D eigenvalue weighted by molar-refractivity contribution is -0.120. The Morgan fingerprint density at radius 3 is 2.52 bits per heavy atom. The lowest BCUT2D eigenvalue weighted by Crippen LogP contribution is -2.35. The van der Waals surface area contributed by atoms with E-state index >= 15 is 0 Å². The van der Waals surface area contributed by atoms with Crippen molar-refractivity contribution in [3.05, 3.63) is 60.2 Å². The van der Waals surface area contributed by atoms with Gasteiger partial charge in [-0.1, -0.05) is 36.4 Å². The zero-order chi connectivity index (χ0) is 19.1. The molecule has 1 saturated heterocycles. The Bertz CT molecular complexity index is 773. The lowest BCUT2D eigenvalue weighted by atomic mass is 9.97. The molecule has 27 heavy (non-hydrogen) atoms. The molecule has 0 saturated carbocycles. The lowest BCUT2D eigenvalue weighted by Gasteiger charge is -2.25. The monoisotopic (exact) mass is 366 g/mol. The van der Waals surface area contributed by atoms with Crippen LogP contribution in [-0.2, 0) is 16.1 Å². The summed E-state index contributed by atoms with van der Waals surface area (Å²) in [7, 11) is 0. The number of piperidine rings is 1. The van der Waals surface area contributed by atoms with Gasteiger partial charge in [-0.2, -0.15) is 0 Å². The van der Waals surface area contributed by atoms with Crippen molar-refractivity contribution in [3.63, 3.8) is 0 Å². The fourth-order valence-corrected chi connectivity index (χ4v) is 3.34. The first-order valence-corrected chi connectivity index (χ1v) is 9.30. The fraction of sp³-hybridized carbons (Fsp3) is 0.333. The van der Waals surface area contributed by atoms with Gasteiger partial charge in [-0.05, 0) is 49.7 Å². The van der Waals surface area contributed by atoms with Gasteiger partial charge in [0.15, 0.2) is 0 Å². The van der Waals surface area contributed by atoms with Crippen LogP contribution >= 0.6 is 0 Å². The van der Waals surface area contributed by atoms with Crippen LogP contribution in [0.1, 0.15) is 18.4 Å². The van der Waals surface area contributed by atoms with Crippen molar-refractivity contribution >= 4 is 23.2 Å². The molecule has 2 amide bonds. The number of nitrogens with zero attached hydrogens (tertiary/aromatic N) is 1. The highest BCUT2D eigenvalue weighted by atomic mass is 16.2. The minimum absolute atomic E-state index is 0.0425. The number of nitrogens with two attached hydrogens (primary N) is 1. The molecule has 3 rings (SSSR count). The molecule has 0 spiro atoms. The number of primary amides is 1. The average Bonchev–Trinajstić information content (AvgIpc) is 2.69. The van der Waals surface area contributed by atoms with E-state index in [0.29, 0.717) is 6.54 Å². The van der Waals surface area contributed by atoms with E-state index in [2.05, 4.69) is 10.6 Å². The van der Waals surface area contributed by atoms with Crippen molar-refractivity contribution in [2.24, 2.45) is 11.7 Å². The minimum Gasteiger partial charge on any atom is -0.368 e. The topological polar surface area (TPSA) is 87.5 Å². The van der Waals surface area contributed by atoms with Gasteiger partial charge in [-0.25, -0.2) is 0 Å². The maximum atomic E-state index is 12.5. The summed E-state index contributed by atoms with van der Waals surface area (Å²) < 4.78 is 0. The molecule has 1 aliphatic heterocycles. The Kier molecular flexibility index (Phi) is 6.44. The predicted molar refractivity (Wildman–Crippen MR) is 107 cm³/mol. The number of rotatable bonds is 7. The van der Waals surface area contributed by atoms with Gasteiger partial charge in [-0.3, -0.25) is 9.59 Å². The standard InChI is InChI=1S/C21H26N4O2/c22-20(26)15-25(14-16-5-2-1-3-6-16)19-8-4-7-18(13-19)24-21(27)17-9-11-23-12-10-17/h1-8,13,17,23H,9-12,14-15H2,(H2,22,26)(H,24,27). The Morgan fingerprint density at radius 1 is 1.07 bits per heavy atom. The van der Waals surface area contributed by atoms with Gasteiger partial charge < -0.3 is 21.3 Å². The third-order valence-electron chi connectivity index (χ3n) is 4.75. The SMILES string of the molecule is NC(=O)CN(Cc1ccccc1)c1cccc(NC(=O)C2CCNCC2)c1. The summed E-state index contributed by atoms with van der Waals surface area (Å²) in [6.45, 7) is 2.43. The van der Waals surface area contributed by atoms with E-state index in [9.17, 15) is 9.59 Å². The van der Waals surface area contributed by atoms with Crippen molar-refractivity contribution in [2.45, 2.75) is 19.4 Å². The van der Waals surface area contributed by atoms with Crippen LogP contribution in [0.5, 0.6) is 0 Å². The highest BCUT2D eigenvalue weighted by molar-refractivity contribution is 5.93. The molecule has 1 aliphatic rings. The van der Waals surface area contributed by atoms with E-state index in [0.717, 1.165) is 42.9 Å². The summed E-state index contributed by atoms with van der Waals surface area (Å²) in [5, 5.41) is 6.28. The molecular weight excluding hydrogens is 340 g/mol. The Labute approximate surface area is 159 Å². The summed E-state index contributed by atoms with van der Waals surface area (Å²) in [5.41, 5.74) is 8.11. The van der Waals surface area contributed by atoms with E-state index in [1.807, 2.05) is 59.5 Å². The molecule has 1 fully saturated rings. The smallest absolute Gasteiger partial charge is 0.236 e. The van der Waals surface area contributed by atoms with Gasteiger partial charge in [-0.15, -0.1) is 0 Å². The second-order valence-corrected chi connectivity index (χ2v) is 6.87. The van der Waals surface area contributed by atoms with Gasteiger partial charge in [0, 0.05) is 23.8 Å². The van der Waals surface area contributed by atoms with Gasteiger partial charge >= 0.3 is 0 Å². The van der Waals surface area contributed by atoms with Gasteiger partial charge in [0.1, 0.15) is 0 Å². The highest BCUT2D eigenvalue weighted by Gasteiger charge is 2.21. The molecule has 4 N–H and O–H groups in total. The van der Waals surface area contributed by atoms with Crippen LogP contribution in [0.4, 0.5) is 11.4 Å². The number of nitrogens with one attached hydrogen (secondary N) is 2. The molecular formula is C21H26N4O2. The average molecular weight is 366 g/mol. The maximum Gasteiger partial charge on any atom is 0.236 e. The third kappa shape index (κ3) is 5.56. The zero-order valence-electron chi connectivity index (χ0n) is 15.4. The van der Waals surface area contributed by atoms with Crippen LogP contribution in [0.25, 0.3) is 0 Å². The largest absolute Gasteiger partial charge is 0.368 e. The maximum absolute atomic E-state index is 12.5. The van der Waals surface area contributed by atoms with Gasteiger partial charge in [0.25, 0.3) is 0 Å². The van der Waals surface area contributed by atoms with Crippen molar-refractivity contribution in [2.75, 3.05) is 29.9 Å². The molecule has 0 unspecified atom stereocenters. The van der Waals surface area contributed by atoms with Crippen molar-refractivity contribution in [1.29, 1.82) is 0 Å². The van der Waals surface area contributed by atoms with E-state index < -0.39 is 5.91 Å². The van der Waals surface area contributed by atoms with E-state index in [-0.39, 0.29) is 18.4 Å². The van der Waals surface area contributed by atoms with Crippen LogP contribution in [0.3, 0.4) is 0 Å². The zero-order valence-corrected chi connectivity index (χ0v) is 15.4. The number of hydrogen-bond acceptors (Lipinski definition) is 4. The number of hydrogen-bond donors (Lipinski definition) is 3. The van der Waals surface area contributed by atoms with Crippen LogP contribution in [0.2, 0.25) is 0 Å². The molecule has 2 aromatic rings. The normalized spacial score (nSPS) is 14.5. The Balaban J connectivity index is 1.73. The molecule has 6 nitrogen and oxygen atoms in total. The van der Waals surface area contributed by atoms with E-state index in [4.69, 9.17) is 5.73 Å². The molecule has 0 radical (unpaired) electrons. The molecule has 0 aromatic heterocycles. The molecule has 2 aromatic carbocycles. The van der Waals surface area contributed by atoms with Crippen LogP contribution < -0.4 is 21.3 Å². The number of carbonyl (C=O) groups is 2. The van der Waals surface area contributed by atoms with Crippen LogP contribution in [0, 0.1) is 5.92 Å². The number of carbonyl (C=O) groups excluding carboxylic acids is 2. The molecule has 0 atom stereocenters. The Morgan fingerprint density at radius 2 is 1.81 bits per heavy atom. The van der Waals surface area contributed by atoms with Crippen LogP contribution in [0.15, 0.2) is 54.6 Å². The quantitative estimate of drug-likeness (QED) is 0.700. The van der Waals surface area contributed by atoms with Crippen molar-refractivity contribution < 1.29 is 9.59 Å². The second-order valence-electron chi connectivity index (χ2n) is 6.87. The van der Waals surface area contributed by atoms with E-state index in [1.54, 1.807) is 0 Å². The Hall–Kier alpha value is -2.86. The molecule has 1 heterocycles. The minimum atomic E-state index is -0.393. The summed E-state index contributed by atoms with van der Waals surface area (Å²) in [6, 6.07) is 17.5. The number of anilines is 2. The van der Waals surface area contributed by atoms with E-state index in [1.165, 1.54) is 0 Å². The second kappa shape index (κ2) is 9.19. The third-order valence-corrected chi connectivity index (χ3v) is 4.75. The highest BCUT2D eigenvalue weighted by Crippen LogP contribution is 2.23. The molecule has 6 heteroatoms. The fourth-order valence-electron chi connectivity index (χ4n) is 3.34. The summed E-state index contributed by atoms with van der Waals surface area (Å²) in [5.74, 6) is -0.297. The van der Waals surface area contributed by atoms with Crippen molar-refractivity contribution in [1.82, 2.24) is 5.32 Å². The number of benzene rings is 2. The first-order chi connectivity index (χ1) is 13.1. The molecule has 142 valence electrons. The summed E-state index contributed by atoms with van der Waals surface area (Å²) in [6.07, 6.45) is 1.71. The van der Waals surface area contributed by atoms with Gasteiger partial charge in [0.05, 0.1) is 6.54 Å². The summed E-state index contributed by atoms with van der Waals surface area (Å²) >= 11 is 0. The van der Waals surface area contributed by atoms with Crippen LogP contribution in [-0.4, -0.2) is 31.4 Å². The first kappa shape index (κ1) is 18.9. The predicted octanol–water partition coefficient (Wildman–Crippen LogP) is 2.12. The summed E-state index contributed by atoms with van der Waals surface area (Å²) in [4.78, 5) is 26.0. The molecule has 0 aliphatic carbocycles. The van der Waals surface area contributed by atoms with Gasteiger partial charge in [0.2, 0.25) is 11.8 Å². The van der Waals surface area contributed by atoms with Crippen molar-refractivity contribution in [3.8, 4) is 0 Å².